The minimum atomic E-state index is -0.225. The van der Waals surface area contributed by atoms with Crippen LogP contribution in [0, 0.1) is 13.8 Å². The number of carbonyl (C=O) groups is 1. The van der Waals surface area contributed by atoms with E-state index in [9.17, 15) is 4.79 Å². The van der Waals surface area contributed by atoms with Crippen molar-refractivity contribution in [2.24, 2.45) is 0 Å². The van der Waals surface area contributed by atoms with Crippen LogP contribution in [0.25, 0.3) is 22.8 Å². The van der Waals surface area contributed by atoms with Gasteiger partial charge in [-0.3, -0.25) is 4.79 Å². The summed E-state index contributed by atoms with van der Waals surface area (Å²) in [7, 11) is 0. The number of nitrogens with one attached hydrogen (secondary N) is 1. The maximum absolute atomic E-state index is 12.3. The normalized spacial score (nSPS) is 10.6. The number of aromatic nitrogens is 2. The van der Waals surface area contributed by atoms with Crippen molar-refractivity contribution in [2.45, 2.75) is 13.8 Å². The highest BCUT2D eigenvalue weighted by atomic mass is 16.5. The van der Waals surface area contributed by atoms with Crippen molar-refractivity contribution in [3.8, 4) is 28.6 Å². The van der Waals surface area contributed by atoms with Gasteiger partial charge in [-0.1, -0.05) is 59.3 Å². The smallest absolute Gasteiger partial charge is 0.262 e. The van der Waals surface area contributed by atoms with Gasteiger partial charge in [0.1, 0.15) is 5.75 Å². The number of hydrogen-bond donors (Lipinski definition) is 1. The number of hydrogen-bond acceptors (Lipinski definition) is 5. The number of ether oxygens (including phenoxy) is 1. The van der Waals surface area contributed by atoms with E-state index in [1.165, 1.54) is 0 Å². The summed E-state index contributed by atoms with van der Waals surface area (Å²) in [5, 5.41) is 6.91. The molecule has 0 radical (unpaired) electrons. The Hall–Kier alpha value is -3.93. The monoisotopic (exact) mass is 399 g/mol. The van der Waals surface area contributed by atoms with Gasteiger partial charge in [-0.25, -0.2) is 0 Å². The van der Waals surface area contributed by atoms with Gasteiger partial charge in [0, 0.05) is 16.8 Å². The van der Waals surface area contributed by atoms with Gasteiger partial charge in [0.2, 0.25) is 5.82 Å². The third-order valence-corrected chi connectivity index (χ3v) is 4.56. The second kappa shape index (κ2) is 8.61. The maximum atomic E-state index is 12.3. The quantitative estimate of drug-likeness (QED) is 0.492. The Morgan fingerprint density at radius 3 is 2.57 bits per heavy atom. The minimum Gasteiger partial charge on any atom is -0.484 e. The molecule has 0 bridgehead atoms. The first-order chi connectivity index (χ1) is 14.6. The number of rotatable bonds is 6. The van der Waals surface area contributed by atoms with Crippen LogP contribution in [-0.2, 0) is 4.79 Å². The zero-order chi connectivity index (χ0) is 20.9. The molecule has 0 atom stereocenters. The number of aryl methyl sites for hydroxylation is 2. The fraction of sp³-hybridized carbons (Fsp3) is 0.125. The van der Waals surface area contributed by atoms with E-state index in [-0.39, 0.29) is 12.5 Å². The fourth-order valence-electron chi connectivity index (χ4n) is 3.05. The van der Waals surface area contributed by atoms with E-state index in [2.05, 4.69) is 15.5 Å². The Labute approximate surface area is 174 Å². The Morgan fingerprint density at radius 2 is 1.77 bits per heavy atom. The summed E-state index contributed by atoms with van der Waals surface area (Å²) in [4.78, 5) is 16.7. The summed E-state index contributed by atoms with van der Waals surface area (Å²) >= 11 is 0. The molecular formula is C24H21N3O3. The molecule has 0 aliphatic carbocycles. The van der Waals surface area contributed by atoms with Crippen LogP contribution in [0.4, 0.5) is 5.69 Å². The average Bonchev–Trinajstić information content (AvgIpc) is 3.26. The molecule has 150 valence electrons. The molecule has 0 aliphatic rings. The summed E-state index contributed by atoms with van der Waals surface area (Å²) < 4.78 is 11.0. The molecule has 0 spiro atoms. The molecule has 1 amide bonds. The van der Waals surface area contributed by atoms with Crippen LogP contribution in [0.2, 0.25) is 0 Å². The minimum absolute atomic E-state index is 0.101. The molecule has 4 aromatic rings. The summed E-state index contributed by atoms with van der Waals surface area (Å²) in [6.07, 6.45) is 0. The molecule has 0 saturated carbocycles. The second-order valence-electron chi connectivity index (χ2n) is 6.97. The van der Waals surface area contributed by atoms with Gasteiger partial charge in [-0.05, 0) is 43.7 Å². The summed E-state index contributed by atoms with van der Waals surface area (Å²) in [5.41, 5.74) is 4.54. The van der Waals surface area contributed by atoms with Gasteiger partial charge in [-0.15, -0.1) is 0 Å². The van der Waals surface area contributed by atoms with Crippen LogP contribution < -0.4 is 10.1 Å². The van der Waals surface area contributed by atoms with Crippen molar-refractivity contribution < 1.29 is 14.1 Å². The van der Waals surface area contributed by atoms with Crippen LogP contribution in [0.5, 0.6) is 5.75 Å². The Kier molecular flexibility index (Phi) is 5.57. The third kappa shape index (κ3) is 4.55. The highest BCUT2D eigenvalue weighted by Gasteiger charge is 2.12. The zero-order valence-electron chi connectivity index (χ0n) is 16.8. The largest absolute Gasteiger partial charge is 0.484 e. The van der Waals surface area contributed by atoms with E-state index in [1.807, 2.05) is 74.5 Å². The van der Waals surface area contributed by atoms with Gasteiger partial charge in [-0.2, -0.15) is 4.98 Å². The summed E-state index contributed by atoms with van der Waals surface area (Å²) in [5.74, 6) is 1.23. The lowest BCUT2D eigenvalue weighted by Crippen LogP contribution is -2.20. The first kappa shape index (κ1) is 19.4. The molecule has 0 unspecified atom stereocenters. The maximum Gasteiger partial charge on any atom is 0.262 e. The van der Waals surface area contributed by atoms with Crippen LogP contribution >= 0.6 is 0 Å². The van der Waals surface area contributed by atoms with Crippen molar-refractivity contribution in [1.29, 1.82) is 0 Å². The number of anilines is 1. The van der Waals surface area contributed by atoms with Gasteiger partial charge in [0.15, 0.2) is 6.61 Å². The fourth-order valence-corrected chi connectivity index (χ4v) is 3.05. The molecular weight excluding hydrogens is 378 g/mol. The molecule has 0 fully saturated rings. The van der Waals surface area contributed by atoms with E-state index in [0.717, 1.165) is 27.9 Å². The van der Waals surface area contributed by atoms with Crippen LogP contribution in [0.15, 0.2) is 77.3 Å². The number of benzene rings is 3. The van der Waals surface area contributed by atoms with Crippen molar-refractivity contribution in [2.75, 3.05) is 11.9 Å². The van der Waals surface area contributed by atoms with E-state index < -0.39 is 0 Å². The molecule has 0 aliphatic heterocycles. The van der Waals surface area contributed by atoms with E-state index >= 15 is 0 Å². The Morgan fingerprint density at radius 1 is 0.967 bits per heavy atom. The Balaban J connectivity index is 1.41. The van der Waals surface area contributed by atoms with Gasteiger partial charge in [0.05, 0.1) is 0 Å². The lowest BCUT2D eigenvalue weighted by molar-refractivity contribution is -0.118. The molecule has 6 nitrogen and oxygen atoms in total. The number of carbonyl (C=O) groups excluding carboxylic acids is 1. The molecule has 1 heterocycles. The van der Waals surface area contributed by atoms with Crippen molar-refractivity contribution in [3.63, 3.8) is 0 Å². The van der Waals surface area contributed by atoms with Crippen LogP contribution in [0.1, 0.15) is 11.1 Å². The van der Waals surface area contributed by atoms with Gasteiger partial charge in [0.25, 0.3) is 11.8 Å². The number of amides is 1. The predicted octanol–water partition coefficient (Wildman–Crippen LogP) is 5.04. The first-order valence-corrected chi connectivity index (χ1v) is 9.58. The summed E-state index contributed by atoms with van der Waals surface area (Å²) in [6, 6.07) is 22.7. The van der Waals surface area contributed by atoms with E-state index in [4.69, 9.17) is 9.26 Å². The Bertz CT molecular complexity index is 1170. The lowest BCUT2D eigenvalue weighted by Gasteiger charge is -2.10. The third-order valence-electron chi connectivity index (χ3n) is 4.56. The van der Waals surface area contributed by atoms with Crippen molar-refractivity contribution in [3.05, 3.63) is 83.9 Å². The molecule has 6 heteroatoms. The lowest BCUT2D eigenvalue weighted by atomic mass is 10.1. The molecule has 0 saturated heterocycles. The first-order valence-electron chi connectivity index (χ1n) is 9.58. The van der Waals surface area contributed by atoms with E-state index in [1.54, 1.807) is 12.1 Å². The topological polar surface area (TPSA) is 77.2 Å². The van der Waals surface area contributed by atoms with Crippen LogP contribution in [-0.4, -0.2) is 22.7 Å². The van der Waals surface area contributed by atoms with Crippen molar-refractivity contribution in [1.82, 2.24) is 10.1 Å². The molecule has 3 aromatic carbocycles. The SMILES string of the molecule is Cc1ccc(NC(=O)COc2cccc(-c3nc(-c4ccccc4)no3)c2)c(C)c1. The standard InChI is InChI=1S/C24H21N3O3/c1-16-11-12-21(17(2)13-16)25-22(28)15-29-20-10-6-9-19(14-20)24-26-23(27-30-24)18-7-4-3-5-8-18/h3-14H,15H2,1-2H3,(H,25,28). The van der Waals surface area contributed by atoms with E-state index in [0.29, 0.717) is 17.5 Å². The van der Waals surface area contributed by atoms with Gasteiger partial charge < -0.3 is 14.6 Å². The highest BCUT2D eigenvalue weighted by molar-refractivity contribution is 5.92. The molecule has 1 aromatic heterocycles. The summed E-state index contributed by atoms with van der Waals surface area (Å²) in [6.45, 7) is 3.87. The highest BCUT2D eigenvalue weighted by Crippen LogP contribution is 2.25. The number of nitrogens with zero attached hydrogens (tertiary/aromatic N) is 2. The average molecular weight is 399 g/mol. The molecule has 1 N–H and O–H groups in total. The zero-order valence-corrected chi connectivity index (χ0v) is 16.8. The molecule has 30 heavy (non-hydrogen) atoms. The molecule has 4 rings (SSSR count). The van der Waals surface area contributed by atoms with Crippen LogP contribution in [0.3, 0.4) is 0 Å². The van der Waals surface area contributed by atoms with Gasteiger partial charge >= 0.3 is 0 Å². The predicted molar refractivity (Wildman–Crippen MR) is 115 cm³/mol. The second-order valence-corrected chi connectivity index (χ2v) is 6.97. The van der Waals surface area contributed by atoms with Crippen molar-refractivity contribution >= 4 is 11.6 Å².